The molecular weight excluding hydrogens is 412 g/mol. The first-order valence-corrected chi connectivity index (χ1v) is 13.8. The molecule has 0 amide bonds. The van der Waals surface area contributed by atoms with E-state index in [1.807, 2.05) is 0 Å². The molecule has 0 rings (SSSR count). The van der Waals surface area contributed by atoms with Crippen LogP contribution in [0.5, 0.6) is 0 Å². The average molecular weight is 465 g/mol. The van der Waals surface area contributed by atoms with E-state index in [-0.39, 0.29) is 13.0 Å². The van der Waals surface area contributed by atoms with Gasteiger partial charge in [0.1, 0.15) is 6.61 Å². The van der Waals surface area contributed by atoms with E-state index in [4.69, 9.17) is 4.74 Å². The lowest BCUT2D eigenvalue weighted by Gasteiger charge is -2.11. The maximum absolute atomic E-state index is 11.6. The van der Waals surface area contributed by atoms with Gasteiger partial charge in [0.05, 0.1) is 12.3 Å². The van der Waals surface area contributed by atoms with Crippen LogP contribution in [0.2, 0.25) is 0 Å². The lowest BCUT2D eigenvalue weighted by atomic mass is 9.97. The van der Waals surface area contributed by atoms with Crippen molar-refractivity contribution >= 4 is 11.9 Å². The third-order valence-electron chi connectivity index (χ3n) is 6.19. The predicted molar refractivity (Wildman–Crippen MR) is 139 cm³/mol. The highest BCUT2D eigenvalue weighted by molar-refractivity contribution is 5.78. The van der Waals surface area contributed by atoms with Crippen LogP contribution < -0.4 is 0 Å². The summed E-state index contributed by atoms with van der Waals surface area (Å²) in [5.41, 5.74) is 0. The van der Waals surface area contributed by atoms with E-state index in [0.29, 0.717) is 6.42 Å². The number of allylic oxidation sites excluding steroid dienone is 2. The molecule has 0 aromatic heterocycles. The minimum Gasteiger partial charge on any atom is -0.481 e. The predicted octanol–water partition coefficient (Wildman–Crippen LogP) is 8.79. The number of unbranched alkanes of at least 4 members (excludes halogenated alkanes) is 16. The number of aliphatic carboxylic acids is 1. The Bertz CT molecular complexity index is 498. The molecule has 33 heavy (non-hydrogen) atoms. The molecule has 4 heteroatoms. The van der Waals surface area contributed by atoms with Crippen LogP contribution in [-0.4, -0.2) is 23.7 Å². The molecule has 4 nitrogen and oxygen atoms in total. The van der Waals surface area contributed by atoms with Gasteiger partial charge in [-0.1, -0.05) is 122 Å². The van der Waals surface area contributed by atoms with E-state index in [9.17, 15) is 14.7 Å². The zero-order chi connectivity index (χ0) is 24.4. The van der Waals surface area contributed by atoms with Gasteiger partial charge in [0.15, 0.2) is 0 Å². The molecule has 0 aliphatic heterocycles. The number of esters is 1. The van der Waals surface area contributed by atoms with Crippen LogP contribution in [0.1, 0.15) is 135 Å². The van der Waals surface area contributed by atoms with Gasteiger partial charge in [-0.15, -0.1) is 0 Å². The first-order chi connectivity index (χ1) is 16.1. The van der Waals surface area contributed by atoms with Crippen molar-refractivity contribution in [3.05, 3.63) is 24.8 Å². The van der Waals surface area contributed by atoms with Crippen LogP contribution in [0.25, 0.3) is 0 Å². The maximum Gasteiger partial charge on any atom is 0.307 e. The highest BCUT2D eigenvalue weighted by Crippen LogP contribution is 2.17. The first kappa shape index (κ1) is 31.4. The van der Waals surface area contributed by atoms with Crippen molar-refractivity contribution in [2.75, 3.05) is 6.61 Å². The molecular formula is C29H52O4. The monoisotopic (exact) mass is 464 g/mol. The summed E-state index contributed by atoms with van der Waals surface area (Å²) in [6.07, 6.45) is 29.7. The molecule has 0 aliphatic rings. The molecule has 0 aromatic carbocycles. The first-order valence-electron chi connectivity index (χ1n) is 13.8. The van der Waals surface area contributed by atoms with E-state index in [1.165, 1.54) is 102 Å². The molecule has 192 valence electrons. The number of hydrogen-bond acceptors (Lipinski definition) is 3. The van der Waals surface area contributed by atoms with E-state index >= 15 is 0 Å². The quantitative estimate of drug-likeness (QED) is 0.0832. The van der Waals surface area contributed by atoms with Gasteiger partial charge < -0.3 is 9.84 Å². The summed E-state index contributed by atoms with van der Waals surface area (Å²) in [6, 6.07) is 0. The van der Waals surface area contributed by atoms with Gasteiger partial charge in [-0.05, 0) is 32.1 Å². The molecule has 0 aromatic rings. The SMILES string of the molecule is C=CCOC(=O)CC(CCCCCCCCC/C=C/CCCCCCCCCCC)C(=O)O. The number of carboxylic acids is 1. The minimum absolute atomic E-state index is 0.0458. The Labute approximate surface area is 204 Å². The fourth-order valence-corrected chi connectivity index (χ4v) is 4.07. The molecule has 0 spiro atoms. The number of hydrogen-bond donors (Lipinski definition) is 1. The number of carbonyl (C=O) groups excluding carboxylic acids is 1. The van der Waals surface area contributed by atoms with Gasteiger partial charge in [0.25, 0.3) is 0 Å². The van der Waals surface area contributed by atoms with Crippen molar-refractivity contribution in [3.8, 4) is 0 Å². The molecule has 0 heterocycles. The van der Waals surface area contributed by atoms with Crippen LogP contribution >= 0.6 is 0 Å². The zero-order valence-electron chi connectivity index (χ0n) is 21.5. The summed E-state index contributed by atoms with van der Waals surface area (Å²) in [4.78, 5) is 22.9. The van der Waals surface area contributed by atoms with Gasteiger partial charge in [0, 0.05) is 0 Å². The molecule has 0 saturated heterocycles. The van der Waals surface area contributed by atoms with Gasteiger partial charge in [0.2, 0.25) is 0 Å². The van der Waals surface area contributed by atoms with E-state index < -0.39 is 17.9 Å². The summed E-state index contributed by atoms with van der Waals surface area (Å²) in [5.74, 6) is -1.99. The topological polar surface area (TPSA) is 63.6 Å². The highest BCUT2D eigenvalue weighted by atomic mass is 16.5. The Hall–Kier alpha value is -1.58. The second-order valence-electron chi connectivity index (χ2n) is 9.35. The van der Waals surface area contributed by atoms with E-state index in [1.54, 1.807) is 0 Å². The summed E-state index contributed by atoms with van der Waals surface area (Å²) in [6.45, 7) is 5.89. The lowest BCUT2D eigenvalue weighted by Crippen LogP contribution is -2.19. The normalized spacial score (nSPS) is 12.2. The second-order valence-corrected chi connectivity index (χ2v) is 9.35. The Morgan fingerprint density at radius 1 is 0.758 bits per heavy atom. The summed E-state index contributed by atoms with van der Waals surface area (Å²) in [7, 11) is 0. The average Bonchev–Trinajstić information content (AvgIpc) is 2.80. The van der Waals surface area contributed by atoms with Crippen molar-refractivity contribution in [3.63, 3.8) is 0 Å². The van der Waals surface area contributed by atoms with Crippen LogP contribution in [0, 0.1) is 5.92 Å². The smallest absolute Gasteiger partial charge is 0.307 e. The number of rotatable bonds is 25. The van der Waals surface area contributed by atoms with Crippen molar-refractivity contribution in [2.24, 2.45) is 5.92 Å². The fraction of sp³-hybridized carbons (Fsp3) is 0.793. The standard InChI is InChI=1S/C29H52O4/c1-3-5-6-7-8-9-10-11-12-13-14-15-16-17-18-19-20-21-22-23-24-27(29(31)32)26-28(30)33-25-4-2/h4,14-15,27H,2-3,5-13,16-26H2,1H3,(H,31,32)/b15-14+. The highest BCUT2D eigenvalue weighted by Gasteiger charge is 2.21. The van der Waals surface area contributed by atoms with Crippen LogP contribution in [-0.2, 0) is 14.3 Å². The Morgan fingerprint density at radius 3 is 1.67 bits per heavy atom. The molecule has 0 bridgehead atoms. The third kappa shape index (κ3) is 23.4. The Balaban J connectivity index is 3.43. The van der Waals surface area contributed by atoms with Gasteiger partial charge in [-0.3, -0.25) is 9.59 Å². The van der Waals surface area contributed by atoms with E-state index in [2.05, 4.69) is 25.7 Å². The molecule has 1 atom stereocenters. The van der Waals surface area contributed by atoms with Crippen molar-refractivity contribution < 1.29 is 19.4 Å². The van der Waals surface area contributed by atoms with Crippen molar-refractivity contribution in [1.29, 1.82) is 0 Å². The van der Waals surface area contributed by atoms with Gasteiger partial charge in [-0.25, -0.2) is 0 Å². The van der Waals surface area contributed by atoms with Gasteiger partial charge >= 0.3 is 11.9 Å². The molecule has 0 saturated carbocycles. The molecule has 0 aliphatic carbocycles. The summed E-state index contributed by atoms with van der Waals surface area (Å²) < 4.78 is 4.89. The van der Waals surface area contributed by atoms with Crippen molar-refractivity contribution in [1.82, 2.24) is 0 Å². The summed E-state index contributed by atoms with van der Waals surface area (Å²) in [5, 5.41) is 9.27. The molecule has 0 radical (unpaired) electrons. The second kappa shape index (κ2) is 25.1. The number of carbonyl (C=O) groups is 2. The third-order valence-corrected chi connectivity index (χ3v) is 6.19. The van der Waals surface area contributed by atoms with Crippen LogP contribution in [0.15, 0.2) is 24.8 Å². The zero-order valence-corrected chi connectivity index (χ0v) is 21.5. The largest absolute Gasteiger partial charge is 0.481 e. The maximum atomic E-state index is 11.6. The summed E-state index contributed by atoms with van der Waals surface area (Å²) >= 11 is 0. The van der Waals surface area contributed by atoms with E-state index in [0.717, 1.165) is 19.3 Å². The Morgan fingerprint density at radius 2 is 1.21 bits per heavy atom. The van der Waals surface area contributed by atoms with Gasteiger partial charge in [-0.2, -0.15) is 0 Å². The number of ether oxygens (including phenoxy) is 1. The molecule has 1 unspecified atom stereocenters. The van der Waals surface area contributed by atoms with Crippen molar-refractivity contribution in [2.45, 2.75) is 135 Å². The lowest BCUT2D eigenvalue weighted by molar-refractivity contribution is -0.151. The fourth-order valence-electron chi connectivity index (χ4n) is 4.07. The minimum atomic E-state index is -0.906. The molecule has 0 fully saturated rings. The van der Waals surface area contributed by atoms with Crippen LogP contribution in [0.3, 0.4) is 0 Å². The van der Waals surface area contributed by atoms with Crippen LogP contribution in [0.4, 0.5) is 0 Å². The molecule has 1 N–H and O–H groups in total. The Kier molecular flexibility index (Phi) is 23.9. The number of carboxylic acid groups (broad SMARTS) is 1.